The fourth-order valence-electron chi connectivity index (χ4n) is 2.44. The van der Waals surface area contributed by atoms with Gasteiger partial charge < -0.3 is 10.6 Å². The van der Waals surface area contributed by atoms with Crippen LogP contribution in [0.15, 0.2) is 30.3 Å². The van der Waals surface area contributed by atoms with Gasteiger partial charge >= 0.3 is 0 Å². The highest BCUT2D eigenvalue weighted by molar-refractivity contribution is 6.33. The molecule has 126 valence electrons. The van der Waals surface area contributed by atoms with E-state index in [1.807, 2.05) is 30.3 Å². The minimum absolute atomic E-state index is 0.0651. The number of nitrogens with zero attached hydrogens (tertiary/aromatic N) is 2. The lowest BCUT2D eigenvalue weighted by molar-refractivity contribution is -0.122. The van der Waals surface area contributed by atoms with Gasteiger partial charge in [-0.05, 0) is 31.9 Å². The number of hydrogen-bond donors (Lipinski definition) is 2. The lowest BCUT2D eigenvalue weighted by atomic mass is 10.2. The van der Waals surface area contributed by atoms with Gasteiger partial charge in [0.05, 0.1) is 16.9 Å². The van der Waals surface area contributed by atoms with Crippen molar-refractivity contribution in [2.45, 2.75) is 19.8 Å². The van der Waals surface area contributed by atoms with E-state index in [0.717, 1.165) is 18.5 Å². The Morgan fingerprint density at radius 1 is 1.21 bits per heavy atom. The number of halogens is 1. The molecule has 0 spiro atoms. The first kappa shape index (κ1) is 16.5. The van der Waals surface area contributed by atoms with E-state index in [4.69, 9.17) is 11.6 Å². The number of carbonyl (C=O) groups excluding carboxylic acids is 2. The van der Waals surface area contributed by atoms with E-state index in [-0.39, 0.29) is 22.9 Å². The van der Waals surface area contributed by atoms with Gasteiger partial charge in [-0.1, -0.05) is 29.8 Å². The summed E-state index contributed by atoms with van der Waals surface area (Å²) in [5.41, 5.74) is 1.71. The fraction of sp³-hybridized carbons (Fsp3) is 0.353. The standard InChI is InChI=1S/C17H19ClN4O2/c1-11-14(15(18)22(21-11)13-5-3-2-4-6-13)17(24)20-10-9-19-16(23)12-7-8-12/h2-6,12H,7-10H2,1H3,(H,19,23)(H,20,24). The van der Waals surface area contributed by atoms with E-state index in [1.54, 1.807) is 11.6 Å². The van der Waals surface area contributed by atoms with E-state index in [2.05, 4.69) is 15.7 Å². The third kappa shape index (κ3) is 3.59. The molecule has 3 rings (SSSR count). The first-order chi connectivity index (χ1) is 11.6. The second-order valence-electron chi connectivity index (χ2n) is 5.82. The number of rotatable bonds is 6. The van der Waals surface area contributed by atoms with E-state index >= 15 is 0 Å². The maximum Gasteiger partial charge on any atom is 0.256 e. The van der Waals surface area contributed by atoms with Crippen molar-refractivity contribution in [3.63, 3.8) is 0 Å². The molecule has 6 nitrogen and oxygen atoms in total. The molecule has 0 atom stereocenters. The molecule has 0 unspecified atom stereocenters. The Hall–Kier alpha value is -2.34. The van der Waals surface area contributed by atoms with Crippen LogP contribution in [0.2, 0.25) is 5.15 Å². The van der Waals surface area contributed by atoms with Crippen molar-refractivity contribution < 1.29 is 9.59 Å². The smallest absolute Gasteiger partial charge is 0.256 e. The molecule has 2 amide bonds. The summed E-state index contributed by atoms with van der Waals surface area (Å²) in [6, 6.07) is 9.40. The Kier molecular flexibility index (Phi) is 4.85. The van der Waals surface area contributed by atoms with Gasteiger partial charge in [-0.2, -0.15) is 5.10 Å². The van der Waals surface area contributed by atoms with Crippen molar-refractivity contribution in [1.29, 1.82) is 0 Å². The number of aromatic nitrogens is 2. The molecule has 1 aliphatic rings. The van der Waals surface area contributed by atoms with Crippen molar-refractivity contribution in [2.24, 2.45) is 5.92 Å². The van der Waals surface area contributed by atoms with Crippen LogP contribution in [0, 0.1) is 12.8 Å². The summed E-state index contributed by atoms with van der Waals surface area (Å²) in [6.07, 6.45) is 1.93. The minimum atomic E-state index is -0.291. The topological polar surface area (TPSA) is 76.0 Å². The van der Waals surface area contributed by atoms with Gasteiger partial charge in [-0.15, -0.1) is 0 Å². The maximum atomic E-state index is 12.4. The average Bonchev–Trinajstić information content (AvgIpc) is 3.38. The van der Waals surface area contributed by atoms with Gasteiger partial charge in [0.25, 0.3) is 5.91 Å². The molecule has 0 aliphatic heterocycles. The predicted molar refractivity (Wildman–Crippen MR) is 91.4 cm³/mol. The highest BCUT2D eigenvalue weighted by atomic mass is 35.5. The van der Waals surface area contributed by atoms with Crippen LogP contribution in [-0.4, -0.2) is 34.7 Å². The van der Waals surface area contributed by atoms with E-state index < -0.39 is 0 Å². The summed E-state index contributed by atoms with van der Waals surface area (Å²) in [5, 5.41) is 10.2. The van der Waals surface area contributed by atoms with Gasteiger partial charge in [0.1, 0.15) is 5.15 Å². The summed E-state index contributed by atoms with van der Waals surface area (Å²) < 4.78 is 1.54. The lowest BCUT2D eigenvalue weighted by Gasteiger charge is -2.07. The molecule has 1 heterocycles. The van der Waals surface area contributed by atoms with Crippen molar-refractivity contribution in [1.82, 2.24) is 20.4 Å². The quantitative estimate of drug-likeness (QED) is 0.786. The van der Waals surface area contributed by atoms with Crippen molar-refractivity contribution in [2.75, 3.05) is 13.1 Å². The zero-order chi connectivity index (χ0) is 17.1. The number of hydrogen-bond acceptors (Lipinski definition) is 3. The second-order valence-corrected chi connectivity index (χ2v) is 6.18. The first-order valence-electron chi connectivity index (χ1n) is 7.94. The second kappa shape index (κ2) is 7.05. The van der Waals surface area contributed by atoms with Crippen molar-refractivity contribution >= 4 is 23.4 Å². The SMILES string of the molecule is Cc1nn(-c2ccccc2)c(Cl)c1C(=O)NCCNC(=O)C1CC1. The number of para-hydroxylation sites is 1. The van der Waals surface area contributed by atoms with Gasteiger partial charge in [-0.25, -0.2) is 4.68 Å². The monoisotopic (exact) mass is 346 g/mol. The van der Waals surface area contributed by atoms with Crippen LogP contribution in [0.1, 0.15) is 28.9 Å². The molecular weight excluding hydrogens is 328 g/mol. The van der Waals surface area contributed by atoms with E-state index in [1.165, 1.54) is 0 Å². The van der Waals surface area contributed by atoms with Gasteiger partial charge in [-0.3, -0.25) is 9.59 Å². The van der Waals surface area contributed by atoms with Crippen molar-refractivity contribution in [3.05, 3.63) is 46.7 Å². The van der Waals surface area contributed by atoms with Crippen LogP contribution in [0.25, 0.3) is 5.69 Å². The molecular formula is C17H19ClN4O2. The van der Waals surface area contributed by atoms with Crippen LogP contribution >= 0.6 is 11.6 Å². The summed E-state index contributed by atoms with van der Waals surface area (Å²) in [4.78, 5) is 23.9. The Morgan fingerprint density at radius 3 is 2.54 bits per heavy atom. The molecule has 2 aromatic rings. The maximum absolute atomic E-state index is 12.4. The van der Waals surface area contributed by atoms with Crippen molar-refractivity contribution in [3.8, 4) is 5.69 Å². The molecule has 24 heavy (non-hydrogen) atoms. The normalized spacial score (nSPS) is 13.6. The zero-order valence-corrected chi connectivity index (χ0v) is 14.1. The molecule has 1 saturated carbocycles. The fourth-order valence-corrected chi connectivity index (χ4v) is 2.80. The zero-order valence-electron chi connectivity index (χ0n) is 13.4. The lowest BCUT2D eigenvalue weighted by Crippen LogP contribution is -2.35. The van der Waals surface area contributed by atoms with E-state index in [0.29, 0.717) is 24.3 Å². The number of benzene rings is 1. The Balaban J connectivity index is 1.62. The van der Waals surface area contributed by atoms with Gasteiger partial charge in [0.15, 0.2) is 0 Å². The molecule has 1 aromatic heterocycles. The molecule has 1 aromatic carbocycles. The first-order valence-corrected chi connectivity index (χ1v) is 8.32. The average molecular weight is 347 g/mol. The number of amides is 2. The number of carbonyl (C=O) groups is 2. The van der Waals surface area contributed by atoms with E-state index in [9.17, 15) is 9.59 Å². The molecule has 1 fully saturated rings. The van der Waals surface area contributed by atoms with Crippen LogP contribution in [0.4, 0.5) is 0 Å². The van der Waals surface area contributed by atoms with Gasteiger partial charge in [0, 0.05) is 19.0 Å². The Labute approximate surface area is 145 Å². The van der Waals surface area contributed by atoms with Crippen LogP contribution in [0.3, 0.4) is 0 Å². The molecule has 2 N–H and O–H groups in total. The predicted octanol–water partition coefficient (Wildman–Crippen LogP) is 2.09. The molecule has 0 bridgehead atoms. The summed E-state index contributed by atoms with van der Waals surface area (Å²) in [6.45, 7) is 2.50. The number of nitrogens with one attached hydrogen (secondary N) is 2. The third-order valence-electron chi connectivity index (χ3n) is 3.89. The van der Waals surface area contributed by atoms with Crippen LogP contribution in [-0.2, 0) is 4.79 Å². The Bertz CT molecular complexity index is 753. The molecule has 0 saturated heterocycles. The minimum Gasteiger partial charge on any atom is -0.354 e. The molecule has 1 aliphatic carbocycles. The highest BCUT2D eigenvalue weighted by Gasteiger charge is 2.29. The summed E-state index contributed by atoms with van der Waals surface area (Å²) in [5.74, 6) is -0.0581. The highest BCUT2D eigenvalue weighted by Crippen LogP contribution is 2.28. The van der Waals surface area contributed by atoms with Crippen LogP contribution < -0.4 is 10.6 Å². The summed E-state index contributed by atoms with van der Waals surface area (Å²) >= 11 is 6.34. The van der Waals surface area contributed by atoms with Crippen LogP contribution in [0.5, 0.6) is 0 Å². The molecule has 0 radical (unpaired) electrons. The van der Waals surface area contributed by atoms with Gasteiger partial charge in [0.2, 0.25) is 5.91 Å². The third-order valence-corrected chi connectivity index (χ3v) is 4.24. The largest absolute Gasteiger partial charge is 0.354 e. The molecule has 7 heteroatoms. The number of aryl methyl sites for hydroxylation is 1. The Morgan fingerprint density at radius 2 is 1.88 bits per heavy atom. The summed E-state index contributed by atoms with van der Waals surface area (Å²) in [7, 11) is 0.